The van der Waals surface area contributed by atoms with E-state index in [-0.39, 0.29) is 11.9 Å². The lowest BCUT2D eigenvalue weighted by atomic mass is 10.1. The van der Waals surface area contributed by atoms with Gasteiger partial charge in [0.25, 0.3) is 0 Å². The van der Waals surface area contributed by atoms with E-state index in [1.807, 2.05) is 37.1 Å². The van der Waals surface area contributed by atoms with Crippen molar-refractivity contribution in [1.29, 1.82) is 0 Å². The van der Waals surface area contributed by atoms with Crippen LogP contribution >= 0.6 is 0 Å². The third kappa shape index (κ3) is 1.42. The molecule has 1 aromatic rings. The van der Waals surface area contributed by atoms with Crippen LogP contribution in [0.25, 0.3) is 0 Å². The predicted octanol–water partition coefficient (Wildman–Crippen LogP) is 1.47. The van der Waals surface area contributed by atoms with Gasteiger partial charge in [0.05, 0.1) is 12.8 Å². The van der Waals surface area contributed by atoms with Crippen LogP contribution in [0.5, 0.6) is 5.75 Å². The number of likely N-dealkylation sites (N-methyl/N-ethyl adjacent to an activating group) is 1. The van der Waals surface area contributed by atoms with Crippen LogP contribution in [0.3, 0.4) is 0 Å². The fourth-order valence-corrected chi connectivity index (χ4v) is 1.76. The van der Waals surface area contributed by atoms with E-state index in [2.05, 4.69) is 5.32 Å². The highest BCUT2D eigenvalue weighted by molar-refractivity contribution is 6.04. The molecule has 0 saturated carbocycles. The second-order valence-electron chi connectivity index (χ2n) is 3.63. The van der Waals surface area contributed by atoms with E-state index in [0.29, 0.717) is 0 Å². The van der Waals surface area contributed by atoms with Gasteiger partial charge in [0.1, 0.15) is 17.5 Å². The number of anilines is 2. The molecule has 4 heteroatoms. The van der Waals surface area contributed by atoms with Crippen molar-refractivity contribution < 1.29 is 9.53 Å². The monoisotopic (exact) mass is 206 g/mol. The number of carbonyl (C=O) groups is 1. The number of rotatable bonds is 1. The zero-order valence-electron chi connectivity index (χ0n) is 9.07. The molecule has 1 heterocycles. The highest BCUT2D eigenvalue weighted by Gasteiger charge is 2.28. The number of nitrogens with zero attached hydrogens (tertiary/aromatic N) is 1. The molecule has 0 spiro atoms. The predicted molar refractivity (Wildman–Crippen MR) is 59.5 cm³/mol. The van der Waals surface area contributed by atoms with E-state index < -0.39 is 0 Å². The summed E-state index contributed by atoms with van der Waals surface area (Å²) in [5.41, 5.74) is 1.74. The summed E-state index contributed by atoms with van der Waals surface area (Å²) in [6.45, 7) is 1.87. The summed E-state index contributed by atoms with van der Waals surface area (Å²) in [6.07, 6.45) is 0. The number of nitrogens with one attached hydrogen (secondary N) is 1. The number of ether oxygens (including phenoxy) is 1. The minimum Gasteiger partial charge on any atom is -0.495 e. The summed E-state index contributed by atoms with van der Waals surface area (Å²) < 4.78 is 5.27. The van der Waals surface area contributed by atoms with Gasteiger partial charge in [0.2, 0.25) is 5.91 Å². The lowest BCUT2D eigenvalue weighted by Gasteiger charge is -2.34. The Bertz CT molecular complexity index is 404. The smallest absolute Gasteiger partial charge is 0.246 e. The summed E-state index contributed by atoms with van der Waals surface area (Å²) in [6, 6.07) is 5.45. The molecule has 1 unspecified atom stereocenters. The SMILES string of the molecule is COc1cccc2c1N(C)C(C)C(=O)N2. The van der Waals surface area contributed by atoms with Crippen LogP contribution in [0, 0.1) is 0 Å². The van der Waals surface area contributed by atoms with E-state index in [1.54, 1.807) is 7.11 Å². The van der Waals surface area contributed by atoms with Crippen molar-refractivity contribution in [2.75, 3.05) is 24.4 Å². The maximum atomic E-state index is 11.6. The van der Waals surface area contributed by atoms with Gasteiger partial charge in [-0.2, -0.15) is 0 Å². The van der Waals surface area contributed by atoms with Crippen molar-refractivity contribution in [3.63, 3.8) is 0 Å². The Kier molecular flexibility index (Phi) is 2.26. The minimum absolute atomic E-state index is 0.0123. The Morgan fingerprint density at radius 1 is 1.47 bits per heavy atom. The molecule has 1 aliphatic rings. The van der Waals surface area contributed by atoms with Crippen molar-refractivity contribution in [1.82, 2.24) is 0 Å². The van der Waals surface area contributed by atoms with E-state index in [0.717, 1.165) is 17.1 Å². The lowest BCUT2D eigenvalue weighted by Crippen LogP contribution is -2.44. The Balaban J connectivity index is 2.55. The van der Waals surface area contributed by atoms with Gasteiger partial charge in [-0.15, -0.1) is 0 Å². The summed E-state index contributed by atoms with van der Waals surface area (Å²) >= 11 is 0. The van der Waals surface area contributed by atoms with Gasteiger partial charge in [0.15, 0.2) is 0 Å². The average Bonchev–Trinajstić information content (AvgIpc) is 2.25. The maximum absolute atomic E-state index is 11.6. The number of fused-ring (bicyclic) bond motifs is 1. The standard InChI is InChI=1S/C11H14N2O2/c1-7-11(14)12-8-5-4-6-9(15-3)10(8)13(7)2/h4-7H,1-3H3,(H,12,14). The first-order valence-corrected chi connectivity index (χ1v) is 4.86. The van der Waals surface area contributed by atoms with Crippen LogP contribution in [0.2, 0.25) is 0 Å². The van der Waals surface area contributed by atoms with Gasteiger partial charge >= 0.3 is 0 Å². The second-order valence-corrected chi connectivity index (χ2v) is 3.63. The van der Waals surface area contributed by atoms with Crippen LogP contribution in [-0.4, -0.2) is 26.1 Å². The largest absolute Gasteiger partial charge is 0.495 e. The molecular formula is C11H14N2O2. The molecule has 15 heavy (non-hydrogen) atoms. The Morgan fingerprint density at radius 3 is 2.87 bits per heavy atom. The summed E-state index contributed by atoms with van der Waals surface area (Å²) in [5, 5.41) is 2.85. The molecule has 4 nitrogen and oxygen atoms in total. The molecule has 0 radical (unpaired) electrons. The molecule has 1 N–H and O–H groups in total. The number of methoxy groups -OCH3 is 1. The van der Waals surface area contributed by atoms with Crippen LogP contribution in [0.15, 0.2) is 18.2 Å². The lowest BCUT2D eigenvalue weighted by molar-refractivity contribution is -0.117. The topological polar surface area (TPSA) is 41.6 Å². The van der Waals surface area contributed by atoms with Crippen molar-refractivity contribution >= 4 is 17.3 Å². The number of para-hydroxylation sites is 1. The minimum atomic E-state index is -0.172. The first-order chi connectivity index (χ1) is 7.15. The van der Waals surface area contributed by atoms with E-state index >= 15 is 0 Å². The third-order valence-electron chi connectivity index (χ3n) is 2.79. The first-order valence-electron chi connectivity index (χ1n) is 4.86. The number of hydrogen-bond acceptors (Lipinski definition) is 3. The van der Waals surface area contributed by atoms with Crippen LogP contribution in [-0.2, 0) is 4.79 Å². The molecule has 1 aliphatic heterocycles. The molecule has 0 fully saturated rings. The Labute approximate surface area is 88.8 Å². The molecule has 1 aromatic carbocycles. The molecule has 0 bridgehead atoms. The van der Waals surface area contributed by atoms with Crippen LogP contribution < -0.4 is 15.0 Å². The number of carbonyl (C=O) groups excluding carboxylic acids is 1. The maximum Gasteiger partial charge on any atom is 0.246 e. The fraction of sp³-hybridized carbons (Fsp3) is 0.364. The molecule has 2 rings (SSSR count). The molecule has 80 valence electrons. The molecule has 0 aromatic heterocycles. The summed E-state index contributed by atoms with van der Waals surface area (Å²) in [5.74, 6) is 0.792. The van der Waals surface area contributed by atoms with Gasteiger partial charge < -0.3 is 15.0 Å². The Morgan fingerprint density at radius 2 is 2.20 bits per heavy atom. The Hall–Kier alpha value is -1.71. The van der Waals surface area contributed by atoms with Crippen molar-refractivity contribution in [3.8, 4) is 5.75 Å². The number of hydrogen-bond donors (Lipinski definition) is 1. The van der Waals surface area contributed by atoms with Gasteiger partial charge in [-0.3, -0.25) is 4.79 Å². The highest BCUT2D eigenvalue weighted by Crippen LogP contribution is 2.38. The van der Waals surface area contributed by atoms with Crippen LogP contribution in [0.4, 0.5) is 11.4 Å². The first kappa shape index (κ1) is 9.83. The zero-order valence-corrected chi connectivity index (χ0v) is 9.07. The quantitative estimate of drug-likeness (QED) is 0.756. The van der Waals surface area contributed by atoms with Crippen molar-refractivity contribution in [2.24, 2.45) is 0 Å². The molecular weight excluding hydrogens is 192 g/mol. The number of benzene rings is 1. The molecule has 1 amide bonds. The normalized spacial score (nSPS) is 19.5. The zero-order chi connectivity index (χ0) is 11.0. The van der Waals surface area contributed by atoms with Crippen molar-refractivity contribution in [3.05, 3.63) is 18.2 Å². The average molecular weight is 206 g/mol. The number of amides is 1. The highest BCUT2D eigenvalue weighted by atomic mass is 16.5. The molecule has 0 aliphatic carbocycles. The van der Waals surface area contributed by atoms with Crippen LogP contribution in [0.1, 0.15) is 6.92 Å². The second kappa shape index (κ2) is 3.46. The van der Waals surface area contributed by atoms with Gasteiger partial charge in [-0.1, -0.05) is 6.07 Å². The van der Waals surface area contributed by atoms with E-state index in [1.165, 1.54) is 0 Å². The summed E-state index contributed by atoms with van der Waals surface area (Å²) in [4.78, 5) is 13.5. The van der Waals surface area contributed by atoms with Gasteiger partial charge in [-0.05, 0) is 19.1 Å². The van der Waals surface area contributed by atoms with Crippen molar-refractivity contribution in [2.45, 2.75) is 13.0 Å². The fourth-order valence-electron chi connectivity index (χ4n) is 1.76. The third-order valence-corrected chi connectivity index (χ3v) is 2.79. The summed E-state index contributed by atoms with van der Waals surface area (Å²) in [7, 11) is 3.52. The van der Waals surface area contributed by atoms with E-state index in [4.69, 9.17) is 4.74 Å². The van der Waals surface area contributed by atoms with E-state index in [9.17, 15) is 4.79 Å². The molecule has 1 atom stereocenters. The van der Waals surface area contributed by atoms with Gasteiger partial charge in [-0.25, -0.2) is 0 Å². The van der Waals surface area contributed by atoms with Gasteiger partial charge in [0, 0.05) is 7.05 Å². The molecule has 0 saturated heterocycles.